The van der Waals surface area contributed by atoms with Gasteiger partial charge in [-0.1, -0.05) is 17.7 Å². The number of carbonyl (C=O) groups excluding carboxylic acids is 2. The molecule has 1 heterocycles. The van der Waals surface area contributed by atoms with E-state index < -0.39 is 5.91 Å². The van der Waals surface area contributed by atoms with Crippen LogP contribution in [0.25, 0.3) is 0 Å². The summed E-state index contributed by atoms with van der Waals surface area (Å²) in [6.45, 7) is 4.26. The van der Waals surface area contributed by atoms with Crippen molar-refractivity contribution >= 4 is 29.3 Å². The van der Waals surface area contributed by atoms with E-state index in [0.717, 1.165) is 18.0 Å². The third-order valence-electron chi connectivity index (χ3n) is 4.66. The van der Waals surface area contributed by atoms with Gasteiger partial charge in [0.2, 0.25) is 5.91 Å². The minimum Gasteiger partial charge on any atom is -0.492 e. The van der Waals surface area contributed by atoms with E-state index in [4.69, 9.17) is 11.2 Å². The van der Waals surface area contributed by atoms with Gasteiger partial charge in [0, 0.05) is 25.3 Å². The van der Waals surface area contributed by atoms with E-state index in [-0.39, 0.29) is 23.3 Å². The number of amides is 2. The van der Waals surface area contributed by atoms with E-state index in [1.165, 1.54) is 16.7 Å². The van der Waals surface area contributed by atoms with Crippen LogP contribution in [0, 0.1) is 23.7 Å². The first-order valence-corrected chi connectivity index (χ1v) is 11.2. The van der Waals surface area contributed by atoms with Crippen LogP contribution < -0.4 is 15.4 Å². The second-order valence-corrected chi connectivity index (χ2v) is 8.45. The highest BCUT2D eigenvalue weighted by atomic mass is 32.2. The van der Waals surface area contributed by atoms with Gasteiger partial charge in [-0.3, -0.25) is 9.59 Å². The summed E-state index contributed by atoms with van der Waals surface area (Å²) >= 11 is 1.25. The van der Waals surface area contributed by atoms with Crippen LogP contribution in [-0.2, 0) is 9.59 Å². The number of nitrogens with zero attached hydrogens (tertiary/aromatic N) is 3. The molecule has 2 N–H and O–H groups in total. The average molecular weight is 456 g/mol. The van der Waals surface area contributed by atoms with Crippen molar-refractivity contribution in [1.82, 2.24) is 15.1 Å². The Bertz CT molecular complexity index is 915. The zero-order valence-electron chi connectivity index (χ0n) is 18.7. The maximum absolute atomic E-state index is 12.8. The summed E-state index contributed by atoms with van der Waals surface area (Å²) in [5.74, 6) is 2.44. The second-order valence-electron chi connectivity index (χ2n) is 7.26. The maximum atomic E-state index is 12.8. The second kappa shape index (κ2) is 12.7. The molecule has 8 nitrogen and oxygen atoms in total. The molecule has 32 heavy (non-hydrogen) atoms. The van der Waals surface area contributed by atoms with Gasteiger partial charge < -0.3 is 25.2 Å². The lowest BCUT2D eigenvalue weighted by atomic mass is 10.2. The molecule has 2 rings (SSSR count). The Labute approximate surface area is 194 Å². The molecule has 1 unspecified atom stereocenters. The Balaban J connectivity index is 1.94. The number of hydrogen-bond donors (Lipinski definition) is 2. The summed E-state index contributed by atoms with van der Waals surface area (Å²) in [5.41, 5.74) is 0.843. The molecule has 0 radical (unpaired) electrons. The van der Waals surface area contributed by atoms with Crippen LogP contribution in [-0.4, -0.2) is 73.7 Å². The van der Waals surface area contributed by atoms with Gasteiger partial charge in [0.1, 0.15) is 29.0 Å². The fourth-order valence-corrected chi connectivity index (χ4v) is 4.31. The van der Waals surface area contributed by atoms with E-state index in [1.807, 2.05) is 51.4 Å². The molecule has 1 aliphatic heterocycles. The van der Waals surface area contributed by atoms with Gasteiger partial charge >= 0.3 is 0 Å². The lowest BCUT2D eigenvalue weighted by Gasteiger charge is -2.15. The number of thioether (sulfide) groups is 1. The van der Waals surface area contributed by atoms with Crippen LogP contribution in [0.1, 0.15) is 13.3 Å². The highest BCUT2D eigenvalue weighted by molar-refractivity contribution is 8.04. The minimum atomic E-state index is -0.564. The third kappa shape index (κ3) is 6.94. The summed E-state index contributed by atoms with van der Waals surface area (Å²) in [6.07, 6.45) is 5.71. The number of ether oxygens (including phenoxy) is 1. The van der Waals surface area contributed by atoms with Gasteiger partial charge in [0.05, 0.1) is 11.8 Å². The van der Waals surface area contributed by atoms with Gasteiger partial charge in [-0.25, -0.2) is 0 Å². The van der Waals surface area contributed by atoms with Gasteiger partial charge in [-0.05, 0) is 51.7 Å². The molecule has 0 spiro atoms. The first kappa shape index (κ1) is 25.1. The van der Waals surface area contributed by atoms with E-state index in [1.54, 1.807) is 0 Å². The van der Waals surface area contributed by atoms with Crippen LogP contribution >= 0.6 is 11.8 Å². The molecule has 1 aromatic carbocycles. The van der Waals surface area contributed by atoms with Crippen LogP contribution in [0.5, 0.6) is 5.75 Å². The Kier molecular flexibility index (Phi) is 9.93. The maximum Gasteiger partial charge on any atom is 0.265 e. The van der Waals surface area contributed by atoms with Crippen LogP contribution in [0.3, 0.4) is 0 Å². The first-order valence-electron chi connectivity index (χ1n) is 10.4. The lowest BCUT2D eigenvalue weighted by molar-refractivity contribution is -0.127. The number of hydrogen-bond acceptors (Lipinski definition) is 7. The van der Waals surface area contributed by atoms with Crippen LogP contribution in [0.4, 0.5) is 5.69 Å². The number of carbonyl (C=O) groups is 2. The smallest absolute Gasteiger partial charge is 0.265 e. The van der Waals surface area contributed by atoms with Crippen molar-refractivity contribution in [3.63, 3.8) is 0 Å². The monoisotopic (exact) mass is 455 g/mol. The minimum absolute atomic E-state index is 0.0227. The Hall–Kier alpha value is -3.14. The standard InChI is InChI=1S/C23H29N5O3S/c1-5-12-26-21(29)19(16-24)23-28(6-2)22(30)20(32-23)11-13-25-17-7-9-18(10-8-17)31-15-14-27(3)4/h1,7-10,20,25H,6,11-15H2,2-4H3,(H,26,29)/b23-19-. The SMILES string of the molecule is C#CCNC(=O)/C(C#N)=C1\SC(CCNc2ccc(OCCN(C)C)cc2)C(=O)N1CC. The Morgan fingerprint density at radius 3 is 2.66 bits per heavy atom. The molecule has 0 bridgehead atoms. The van der Waals surface area contributed by atoms with Gasteiger partial charge in [-0.2, -0.15) is 5.26 Å². The van der Waals surface area contributed by atoms with Crippen molar-refractivity contribution in [1.29, 1.82) is 5.26 Å². The number of nitriles is 1. The van der Waals surface area contributed by atoms with Crippen molar-refractivity contribution in [2.75, 3.05) is 52.2 Å². The number of anilines is 1. The van der Waals surface area contributed by atoms with Crippen molar-refractivity contribution in [3.8, 4) is 24.2 Å². The molecule has 1 fully saturated rings. The molecular weight excluding hydrogens is 426 g/mol. The van der Waals surface area contributed by atoms with Crippen LogP contribution in [0.2, 0.25) is 0 Å². The number of likely N-dealkylation sites (N-methyl/N-ethyl adjacent to an activating group) is 1. The van der Waals surface area contributed by atoms with E-state index >= 15 is 0 Å². The predicted octanol–water partition coefficient (Wildman–Crippen LogP) is 1.88. The molecule has 2 amide bonds. The molecule has 0 aliphatic carbocycles. The van der Waals surface area contributed by atoms with E-state index in [0.29, 0.717) is 31.1 Å². The lowest BCUT2D eigenvalue weighted by Crippen LogP contribution is -2.32. The molecule has 0 aromatic heterocycles. The summed E-state index contributed by atoms with van der Waals surface area (Å²) in [7, 11) is 3.99. The molecule has 1 saturated heterocycles. The van der Waals surface area contributed by atoms with Crippen molar-refractivity contribution in [3.05, 3.63) is 34.9 Å². The Morgan fingerprint density at radius 1 is 1.34 bits per heavy atom. The van der Waals surface area contributed by atoms with Crippen molar-refractivity contribution in [2.45, 2.75) is 18.6 Å². The van der Waals surface area contributed by atoms with E-state index in [2.05, 4.69) is 21.5 Å². The number of terminal acetylenes is 1. The summed E-state index contributed by atoms with van der Waals surface area (Å²) in [4.78, 5) is 28.6. The highest BCUT2D eigenvalue weighted by Crippen LogP contribution is 2.38. The van der Waals surface area contributed by atoms with Crippen LogP contribution in [0.15, 0.2) is 34.9 Å². The third-order valence-corrected chi connectivity index (χ3v) is 6.03. The fourth-order valence-electron chi connectivity index (χ4n) is 2.98. The molecular formula is C23H29N5O3S. The largest absolute Gasteiger partial charge is 0.492 e. The van der Waals surface area contributed by atoms with Crippen molar-refractivity contribution < 1.29 is 14.3 Å². The van der Waals surface area contributed by atoms with E-state index in [9.17, 15) is 14.9 Å². The molecule has 0 saturated carbocycles. The van der Waals surface area contributed by atoms with Gasteiger partial charge in [0.15, 0.2) is 0 Å². The molecule has 9 heteroatoms. The summed E-state index contributed by atoms with van der Waals surface area (Å²) in [5, 5.41) is 15.3. The first-order chi connectivity index (χ1) is 15.4. The summed E-state index contributed by atoms with van der Waals surface area (Å²) in [6, 6.07) is 9.59. The fraction of sp³-hybridized carbons (Fsp3) is 0.435. The molecule has 1 aromatic rings. The zero-order chi connectivity index (χ0) is 23.5. The Morgan fingerprint density at radius 2 is 2.06 bits per heavy atom. The summed E-state index contributed by atoms with van der Waals surface area (Å²) < 4.78 is 5.69. The quantitative estimate of drug-likeness (QED) is 0.299. The molecule has 170 valence electrons. The van der Waals surface area contributed by atoms with Gasteiger partial charge in [-0.15, -0.1) is 6.42 Å². The molecule has 1 atom stereocenters. The average Bonchev–Trinajstić information content (AvgIpc) is 3.08. The zero-order valence-corrected chi connectivity index (χ0v) is 19.5. The van der Waals surface area contributed by atoms with Crippen molar-refractivity contribution in [2.24, 2.45) is 0 Å². The molecule has 1 aliphatic rings. The normalized spacial score (nSPS) is 17.0. The topological polar surface area (TPSA) is 97.7 Å². The number of rotatable bonds is 11. The predicted molar refractivity (Wildman–Crippen MR) is 127 cm³/mol. The van der Waals surface area contributed by atoms with Gasteiger partial charge in [0.25, 0.3) is 5.91 Å². The number of benzene rings is 1. The number of nitrogens with one attached hydrogen (secondary N) is 2. The highest BCUT2D eigenvalue weighted by Gasteiger charge is 2.38.